The summed E-state index contributed by atoms with van der Waals surface area (Å²) in [7, 11) is 4.22. The Hall–Kier alpha value is -4.49. The molecule has 13 heteroatoms. The van der Waals surface area contributed by atoms with Crippen LogP contribution in [0.15, 0.2) is 60.7 Å². The van der Waals surface area contributed by atoms with Crippen LogP contribution < -0.4 is 21.5 Å². The lowest BCUT2D eigenvalue weighted by atomic mass is 10.1. The first-order valence-electron chi connectivity index (χ1n) is 13.7. The monoisotopic (exact) mass is 598 g/mol. The molecule has 4 N–H and O–H groups in total. The first-order chi connectivity index (χ1) is 20.3. The Kier molecular flexibility index (Phi) is 13.6. The van der Waals surface area contributed by atoms with E-state index >= 15 is 0 Å². The lowest BCUT2D eigenvalue weighted by Crippen LogP contribution is -2.57. The van der Waals surface area contributed by atoms with Crippen LogP contribution in [0.5, 0.6) is 0 Å². The number of nitrogens with one attached hydrogen (secondary N) is 4. The highest BCUT2D eigenvalue weighted by atomic mass is 16.6. The van der Waals surface area contributed by atoms with Gasteiger partial charge >= 0.3 is 12.1 Å². The number of hydrogen-bond acceptors (Lipinski definition) is 9. The molecule has 0 aliphatic heterocycles. The van der Waals surface area contributed by atoms with Gasteiger partial charge in [0.1, 0.15) is 24.2 Å². The quantitative estimate of drug-likeness (QED) is 0.184. The molecule has 0 radical (unpaired) electrons. The minimum absolute atomic E-state index is 0.180. The molecule has 4 amide bonds. The van der Waals surface area contributed by atoms with Crippen molar-refractivity contribution in [3.8, 4) is 0 Å². The number of hydrogen-bond donors (Lipinski definition) is 4. The summed E-state index contributed by atoms with van der Waals surface area (Å²) in [5.41, 5.74) is 6.04. The average molecular weight is 599 g/mol. The highest BCUT2D eigenvalue weighted by molar-refractivity contribution is 5.89. The molecule has 0 fully saturated rings. The van der Waals surface area contributed by atoms with E-state index in [2.05, 4.69) is 26.2 Å². The third-order valence-corrected chi connectivity index (χ3v) is 5.80. The Morgan fingerprint density at radius 2 is 1.16 bits per heavy atom. The first-order valence-corrected chi connectivity index (χ1v) is 13.7. The van der Waals surface area contributed by atoms with E-state index in [1.165, 1.54) is 31.2 Å². The molecule has 2 aromatic carbocycles. The first kappa shape index (κ1) is 34.7. The fourth-order valence-corrected chi connectivity index (χ4v) is 3.89. The fraction of sp³-hybridized carbons (Fsp3) is 0.433. The number of benzene rings is 2. The van der Waals surface area contributed by atoms with Gasteiger partial charge in [-0.15, -0.1) is 0 Å². The number of ether oxygens (including phenoxy) is 2. The lowest BCUT2D eigenvalue weighted by molar-refractivity contribution is -0.144. The number of nitrogens with zero attached hydrogens (tertiary/aromatic N) is 2. The smallest absolute Gasteiger partial charge is 0.408 e. The Balaban J connectivity index is 2.06. The van der Waals surface area contributed by atoms with Crippen molar-refractivity contribution < 1.29 is 33.4 Å². The molecule has 0 aliphatic rings. The molecule has 0 bridgehead atoms. The lowest BCUT2D eigenvalue weighted by Gasteiger charge is -2.26. The minimum Gasteiger partial charge on any atom is -0.468 e. The zero-order valence-electron chi connectivity index (χ0n) is 25.5. The van der Waals surface area contributed by atoms with Gasteiger partial charge < -0.3 is 20.1 Å². The van der Waals surface area contributed by atoms with Gasteiger partial charge in [0.2, 0.25) is 5.91 Å². The molecule has 0 unspecified atom stereocenters. The zero-order chi connectivity index (χ0) is 32.0. The summed E-state index contributed by atoms with van der Waals surface area (Å²) in [5, 5.41) is 7.81. The maximum atomic E-state index is 13.2. The Morgan fingerprint density at radius 1 is 0.721 bits per heavy atom. The van der Waals surface area contributed by atoms with Gasteiger partial charge in [0.25, 0.3) is 11.8 Å². The number of likely N-dealkylation sites (N-methyl/N-ethyl adjacent to an activating group) is 2. The van der Waals surface area contributed by atoms with Crippen LogP contribution in [0.1, 0.15) is 31.9 Å². The van der Waals surface area contributed by atoms with Gasteiger partial charge in [-0.2, -0.15) is 0 Å². The Morgan fingerprint density at radius 3 is 1.60 bits per heavy atom. The van der Waals surface area contributed by atoms with Crippen LogP contribution in [0.3, 0.4) is 0 Å². The minimum atomic E-state index is -0.996. The van der Waals surface area contributed by atoms with Gasteiger partial charge in [0, 0.05) is 26.9 Å². The molecular formula is C30H42N6O7. The van der Waals surface area contributed by atoms with Crippen LogP contribution >= 0.6 is 0 Å². The van der Waals surface area contributed by atoms with Crippen molar-refractivity contribution in [3.63, 3.8) is 0 Å². The molecule has 0 aromatic heterocycles. The number of methoxy groups -OCH3 is 1. The highest BCUT2D eigenvalue weighted by Crippen LogP contribution is 2.09. The molecular weight excluding hydrogens is 556 g/mol. The molecule has 234 valence electrons. The maximum absolute atomic E-state index is 13.2. The summed E-state index contributed by atoms with van der Waals surface area (Å²) in [6.45, 7) is 4.66. The van der Waals surface area contributed by atoms with E-state index in [4.69, 9.17) is 4.74 Å². The molecule has 0 saturated carbocycles. The van der Waals surface area contributed by atoms with E-state index in [1.807, 2.05) is 60.7 Å². The van der Waals surface area contributed by atoms with Gasteiger partial charge in [-0.3, -0.25) is 30.0 Å². The maximum Gasteiger partial charge on any atom is 0.408 e. The van der Waals surface area contributed by atoms with Crippen LogP contribution in [-0.4, -0.2) is 91.8 Å². The van der Waals surface area contributed by atoms with Gasteiger partial charge in [0.15, 0.2) is 0 Å². The van der Waals surface area contributed by atoms with Crippen LogP contribution in [0.25, 0.3) is 0 Å². The van der Waals surface area contributed by atoms with Crippen molar-refractivity contribution in [1.82, 2.24) is 31.5 Å². The van der Waals surface area contributed by atoms with E-state index in [9.17, 15) is 24.0 Å². The van der Waals surface area contributed by atoms with E-state index in [1.54, 1.807) is 20.8 Å². The van der Waals surface area contributed by atoms with E-state index in [0.717, 1.165) is 11.1 Å². The van der Waals surface area contributed by atoms with Crippen LogP contribution in [-0.2, 0) is 41.5 Å². The number of amides is 4. The van der Waals surface area contributed by atoms with Crippen LogP contribution in [0, 0.1) is 0 Å². The van der Waals surface area contributed by atoms with Crippen molar-refractivity contribution in [2.45, 2.75) is 51.3 Å². The third kappa shape index (κ3) is 13.8. The SMILES string of the molecule is COC(=O)CN(C)NC(=O)[C@H](Cc1ccccc1)NC(=O)CN(C)NC(=O)[C@H](Cc1ccccc1)NC(=O)OC(C)(C)C. The number of hydrazine groups is 2. The topological polar surface area (TPSA) is 158 Å². The fourth-order valence-electron chi connectivity index (χ4n) is 3.89. The second-order valence-electron chi connectivity index (χ2n) is 10.9. The van der Waals surface area contributed by atoms with Gasteiger partial charge in [-0.25, -0.2) is 14.8 Å². The number of rotatable bonds is 14. The predicted molar refractivity (Wildman–Crippen MR) is 159 cm³/mol. The van der Waals surface area contributed by atoms with Crippen molar-refractivity contribution in [1.29, 1.82) is 0 Å². The summed E-state index contributed by atoms with van der Waals surface area (Å²) in [4.78, 5) is 63.2. The molecule has 43 heavy (non-hydrogen) atoms. The molecule has 0 aliphatic carbocycles. The summed E-state index contributed by atoms with van der Waals surface area (Å²) in [6.07, 6.45) is -0.389. The van der Waals surface area contributed by atoms with Crippen LogP contribution in [0.4, 0.5) is 4.79 Å². The molecule has 2 atom stereocenters. The third-order valence-electron chi connectivity index (χ3n) is 5.80. The van der Waals surface area contributed by atoms with Gasteiger partial charge in [-0.1, -0.05) is 60.7 Å². The van der Waals surface area contributed by atoms with Gasteiger partial charge in [-0.05, 0) is 31.9 Å². The number of esters is 1. The standard InChI is InChI=1S/C30H42N6O7/c1-30(2,3)43-29(41)32-24(18-22-15-11-8-12-16-22)28(40)33-35(4)19-25(37)31-23(17-21-13-9-7-10-14-21)27(39)34-36(5)20-26(38)42-6/h7-16,23-24H,17-20H2,1-6H3,(H,31,37)(H,32,41)(H,33,40)(H,34,39)/t23-,24-/m0/s1. The zero-order valence-corrected chi connectivity index (χ0v) is 25.5. The Labute approximate surface area is 252 Å². The number of alkyl carbamates (subject to hydrolysis) is 1. The normalized spacial score (nSPS) is 12.6. The van der Waals surface area contributed by atoms with Crippen molar-refractivity contribution in [2.75, 3.05) is 34.3 Å². The highest BCUT2D eigenvalue weighted by Gasteiger charge is 2.27. The molecule has 0 heterocycles. The van der Waals surface area contributed by atoms with Gasteiger partial charge in [0.05, 0.1) is 13.7 Å². The average Bonchev–Trinajstić information content (AvgIpc) is 2.92. The summed E-state index contributed by atoms with van der Waals surface area (Å²) in [5.74, 6) is -2.20. The van der Waals surface area contributed by atoms with Crippen molar-refractivity contribution in [3.05, 3.63) is 71.8 Å². The van der Waals surface area contributed by atoms with E-state index in [-0.39, 0.29) is 25.9 Å². The number of carbonyl (C=O) groups excluding carboxylic acids is 5. The van der Waals surface area contributed by atoms with Crippen molar-refractivity contribution >= 4 is 29.8 Å². The van der Waals surface area contributed by atoms with E-state index in [0.29, 0.717) is 0 Å². The second kappa shape index (κ2) is 16.8. The predicted octanol–water partition coefficient (Wildman–Crippen LogP) is 0.949. The van der Waals surface area contributed by atoms with Crippen LogP contribution in [0.2, 0.25) is 0 Å². The Bertz CT molecular complexity index is 1220. The summed E-state index contributed by atoms with van der Waals surface area (Å²) in [6, 6.07) is 16.3. The van der Waals surface area contributed by atoms with E-state index < -0.39 is 47.5 Å². The summed E-state index contributed by atoms with van der Waals surface area (Å²) >= 11 is 0. The van der Waals surface area contributed by atoms with Crippen molar-refractivity contribution in [2.24, 2.45) is 0 Å². The molecule has 0 spiro atoms. The summed E-state index contributed by atoms with van der Waals surface area (Å²) < 4.78 is 9.94. The second-order valence-corrected chi connectivity index (χ2v) is 10.9. The molecule has 2 rings (SSSR count). The largest absolute Gasteiger partial charge is 0.468 e. The number of carbonyl (C=O) groups is 5. The molecule has 0 saturated heterocycles. The molecule has 2 aromatic rings. The molecule has 13 nitrogen and oxygen atoms in total.